The number of carbonyl (C=O) groups excluding carboxylic acids is 1. The van der Waals surface area contributed by atoms with Crippen molar-refractivity contribution in [2.75, 3.05) is 24.6 Å². The molecule has 6 nitrogen and oxygen atoms in total. The van der Waals surface area contributed by atoms with Crippen molar-refractivity contribution in [1.82, 2.24) is 15.3 Å². The van der Waals surface area contributed by atoms with Crippen LogP contribution in [0.1, 0.15) is 31.4 Å². The van der Waals surface area contributed by atoms with Crippen LogP contribution in [0.4, 0.5) is 11.8 Å². The topological polar surface area (TPSA) is 92.9 Å². The normalized spacial score (nSPS) is 22.3. The van der Waals surface area contributed by atoms with E-state index in [1.54, 1.807) is 7.05 Å². The van der Waals surface area contributed by atoms with Crippen molar-refractivity contribution in [3.05, 3.63) is 11.8 Å². The number of hydrogen-bond acceptors (Lipinski definition) is 5. The Morgan fingerprint density at radius 2 is 2.05 bits per heavy atom. The zero-order valence-corrected chi connectivity index (χ0v) is 12.1. The van der Waals surface area contributed by atoms with Gasteiger partial charge >= 0.3 is 0 Å². The maximum absolute atomic E-state index is 11.6. The number of amides is 1. The molecule has 1 aliphatic carbocycles. The van der Waals surface area contributed by atoms with Gasteiger partial charge in [0.05, 0.1) is 0 Å². The van der Waals surface area contributed by atoms with Crippen LogP contribution in [-0.4, -0.2) is 29.5 Å². The number of nitrogens with zero attached hydrogens (tertiary/aromatic N) is 2. The smallest absolute Gasteiger partial charge is 0.222 e. The molecule has 1 aromatic heterocycles. The van der Waals surface area contributed by atoms with Crippen LogP contribution < -0.4 is 16.4 Å². The monoisotopic (exact) mass is 277 g/mol. The molecule has 0 radical (unpaired) electrons. The highest BCUT2D eigenvalue weighted by atomic mass is 16.1. The molecule has 0 aliphatic heterocycles. The predicted molar refractivity (Wildman–Crippen MR) is 79.2 cm³/mol. The number of nitrogens with one attached hydrogen (secondary N) is 2. The molecule has 1 aromatic rings. The lowest BCUT2D eigenvalue weighted by atomic mass is 9.81. The van der Waals surface area contributed by atoms with Gasteiger partial charge in [0.2, 0.25) is 11.9 Å². The third-order valence-corrected chi connectivity index (χ3v) is 3.91. The predicted octanol–water partition coefficient (Wildman–Crippen LogP) is 1.33. The molecular formula is C14H23N5O. The highest BCUT2D eigenvalue weighted by molar-refractivity contribution is 5.78. The van der Waals surface area contributed by atoms with Gasteiger partial charge in [0.25, 0.3) is 0 Å². The van der Waals surface area contributed by atoms with Crippen LogP contribution in [0, 0.1) is 18.8 Å². The second-order valence-corrected chi connectivity index (χ2v) is 5.47. The average molecular weight is 277 g/mol. The zero-order valence-electron chi connectivity index (χ0n) is 12.1. The van der Waals surface area contributed by atoms with Gasteiger partial charge in [0.15, 0.2) is 0 Å². The number of nitrogens with two attached hydrogens (primary N) is 1. The van der Waals surface area contributed by atoms with E-state index in [1.807, 2.05) is 13.0 Å². The molecule has 1 amide bonds. The van der Waals surface area contributed by atoms with E-state index in [1.165, 1.54) is 0 Å². The van der Waals surface area contributed by atoms with Gasteiger partial charge in [0.1, 0.15) is 5.82 Å². The first kappa shape index (κ1) is 14.6. The summed E-state index contributed by atoms with van der Waals surface area (Å²) in [6.07, 6.45) is 4.09. The third-order valence-electron chi connectivity index (χ3n) is 3.91. The van der Waals surface area contributed by atoms with Crippen LogP contribution in [0.25, 0.3) is 0 Å². The Morgan fingerprint density at radius 1 is 1.35 bits per heavy atom. The number of anilines is 2. The van der Waals surface area contributed by atoms with E-state index in [0.29, 0.717) is 11.9 Å². The molecule has 4 N–H and O–H groups in total. The fraction of sp³-hybridized carbons (Fsp3) is 0.643. The fourth-order valence-electron chi connectivity index (χ4n) is 2.76. The quantitative estimate of drug-likeness (QED) is 0.772. The van der Waals surface area contributed by atoms with Crippen LogP contribution in [0.2, 0.25) is 0 Å². The van der Waals surface area contributed by atoms with Crippen molar-refractivity contribution in [3.63, 3.8) is 0 Å². The van der Waals surface area contributed by atoms with Gasteiger partial charge in [-0.15, -0.1) is 0 Å². The SMILES string of the molecule is CNC(=O)C1CCC(CNc2cc(C)nc(N)n2)CC1. The summed E-state index contributed by atoms with van der Waals surface area (Å²) in [4.78, 5) is 19.8. The first-order valence-corrected chi connectivity index (χ1v) is 7.15. The molecule has 0 saturated heterocycles. The van der Waals surface area contributed by atoms with Crippen molar-refractivity contribution in [1.29, 1.82) is 0 Å². The summed E-state index contributed by atoms with van der Waals surface area (Å²) in [5.74, 6) is 2.04. The lowest BCUT2D eigenvalue weighted by molar-refractivity contribution is -0.125. The summed E-state index contributed by atoms with van der Waals surface area (Å²) < 4.78 is 0. The minimum atomic E-state index is 0.176. The van der Waals surface area contributed by atoms with Crippen LogP contribution >= 0.6 is 0 Å². The zero-order chi connectivity index (χ0) is 14.5. The number of hydrogen-bond donors (Lipinski definition) is 3. The number of aryl methyl sites for hydroxylation is 1. The van der Waals surface area contributed by atoms with Crippen molar-refractivity contribution < 1.29 is 4.79 Å². The number of aromatic nitrogens is 2. The number of nitrogen functional groups attached to an aromatic ring is 1. The molecule has 1 aliphatic rings. The van der Waals surface area contributed by atoms with Crippen LogP contribution in [0.5, 0.6) is 0 Å². The van der Waals surface area contributed by atoms with Gasteiger partial charge in [-0.1, -0.05) is 0 Å². The molecular weight excluding hydrogens is 254 g/mol. The Kier molecular flexibility index (Phi) is 4.76. The van der Waals surface area contributed by atoms with Crippen LogP contribution in [0.3, 0.4) is 0 Å². The molecule has 0 spiro atoms. The lowest BCUT2D eigenvalue weighted by Crippen LogP contribution is -2.32. The molecule has 1 fully saturated rings. The van der Waals surface area contributed by atoms with Crippen molar-refractivity contribution in [2.45, 2.75) is 32.6 Å². The molecule has 110 valence electrons. The van der Waals surface area contributed by atoms with E-state index in [4.69, 9.17) is 5.73 Å². The number of carbonyl (C=O) groups is 1. The first-order valence-electron chi connectivity index (χ1n) is 7.15. The van der Waals surface area contributed by atoms with E-state index in [9.17, 15) is 4.79 Å². The Morgan fingerprint density at radius 3 is 2.65 bits per heavy atom. The first-order chi connectivity index (χ1) is 9.58. The molecule has 2 rings (SSSR count). The van der Waals surface area contributed by atoms with Gasteiger partial charge in [-0.25, -0.2) is 4.98 Å². The standard InChI is InChI=1S/C14H23N5O/c1-9-7-12(19-14(15)18-9)17-8-10-3-5-11(6-4-10)13(20)16-2/h7,10-11H,3-6,8H2,1-2H3,(H,16,20)(H3,15,17,18,19). The molecule has 6 heteroatoms. The summed E-state index contributed by atoms with van der Waals surface area (Å²) >= 11 is 0. The Balaban J connectivity index is 1.80. The summed E-state index contributed by atoms with van der Waals surface area (Å²) in [6.45, 7) is 2.77. The van der Waals surface area contributed by atoms with E-state index in [-0.39, 0.29) is 11.8 Å². The van der Waals surface area contributed by atoms with Crippen molar-refractivity contribution >= 4 is 17.7 Å². The Labute approximate surface area is 119 Å². The Bertz CT molecular complexity index is 448. The number of rotatable bonds is 4. The Hall–Kier alpha value is -1.85. The fourth-order valence-corrected chi connectivity index (χ4v) is 2.76. The van der Waals surface area contributed by atoms with Crippen LogP contribution in [0.15, 0.2) is 6.07 Å². The summed E-state index contributed by atoms with van der Waals surface area (Å²) in [5.41, 5.74) is 6.49. The minimum Gasteiger partial charge on any atom is -0.370 e. The summed E-state index contributed by atoms with van der Waals surface area (Å²) in [7, 11) is 1.71. The summed E-state index contributed by atoms with van der Waals surface area (Å²) in [5, 5.41) is 6.06. The second-order valence-electron chi connectivity index (χ2n) is 5.47. The van der Waals surface area contributed by atoms with Gasteiger partial charge in [0, 0.05) is 31.3 Å². The summed E-state index contributed by atoms with van der Waals surface area (Å²) in [6, 6.07) is 1.90. The highest BCUT2D eigenvalue weighted by Crippen LogP contribution is 2.29. The molecule has 0 bridgehead atoms. The molecule has 0 unspecified atom stereocenters. The minimum absolute atomic E-state index is 0.176. The third kappa shape index (κ3) is 3.82. The molecule has 0 atom stereocenters. The molecule has 0 aromatic carbocycles. The van der Waals surface area contributed by atoms with Crippen molar-refractivity contribution in [3.8, 4) is 0 Å². The van der Waals surface area contributed by atoms with E-state index < -0.39 is 0 Å². The average Bonchev–Trinajstić information content (AvgIpc) is 2.44. The van der Waals surface area contributed by atoms with Gasteiger partial charge in [-0.3, -0.25) is 4.79 Å². The van der Waals surface area contributed by atoms with Crippen molar-refractivity contribution in [2.24, 2.45) is 11.8 Å². The molecule has 1 heterocycles. The maximum Gasteiger partial charge on any atom is 0.222 e. The largest absolute Gasteiger partial charge is 0.370 e. The van der Waals surface area contributed by atoms with E-state index in [2.05, 4.69) is 20.6 Å². The van der Waals surface area contributed by atoms with Gasteiger partial charge in [-0.05, 0) is 38.5 Å². The van der Waals surface area contributed by atoms with Gasteiger partial charge in [-0.2, -0.15) is 4.98 Å². The maximum atomic E-state index is 11.6. The van der Waals surface area contributed by atoms with Gasteiger partial charge < -0.3 is 16.4 Å². The lowest BCUT2D eigenvalue weighted by Gasteiger charge is -2.27. The second kappa shape index (κ2) is 6.54. The van der Waals surface area contributed by atoms with E-state index >= 15 is 0 Å². The van der Waals surface area contributed by atoms with E-state index in [0.717, 1.165) is 43.7 Å². The highest BCUT2D eigenvalue weighted by Gasteiger charge is 2.25. The molecule has 1 saturated carbocycles. The van der Waals surface area contributed by atoms with Crippen LogP contribution in [-0.2, 0) is 4.79 Å². The molecule has 20 heavy (non-hydrogen) atoms.